The van der Waals surface area contributed by atoms with Gasteiger partial charge in [0.15, 0.2) is 0 Å². The van der Waals surface area contributed by atoms with E-state index in [4.69, 9.17) is 18.2 Å². The van der Waals surface area contributed by atoms with Crippen LogP contribution in [0.3, 0.4) is 0 Å². The zero-order valence-electron chi connectivity index (χ0n) is 50.9. The number of aromatic nitrogens is 10. The first kappa shape index (κ1) is 57.1. The summed E-state index contributed by atoms with van der Waals surface area (Å²) in [6.45, 7) is 18.3. The number of benzene rings is 6. The van der Waals surface area contributed by atoms with Crippen LogP contribution in [0.15, 0.2) is 72.8 Å². The van der Waals surface area contributed by atoms with E-state index in [9.17, 15) is 0 Å². The van der Waals surface area contributed by atoms with Crippen molar-refractivity contribution in [3.8, 4) is 44.5 Å². The van der Waals surface area contributed by atoms with E-state index < -0.39 is 0 Å². The fourth-order valence-corrected chi connectivity index (χ4v) is 15.6. The number of unbranched alkanes of at least 4 members (excludes halogenated alkanes) is 8. The van der Waals surface area contributed by atoms with E-state index in [0.717, 1.165) is 161 Å². The lowest BCUT2D eigenvalue weighted by molar-refractivity contribution is 0.638. The van der Waals surface area contributed by atoms with Gasteiger partial charge in [0.05, 0.1) is 22.8 Å². The summed E-state index contributed by atoms with van der Waals surface area (Å²) in [5, 5.41) is 22.7. The Morgan fingerprint density at radius 3 is 1.24 bits per heavy atom. The number of fused-ring (bicyclic) bond motifs is 8. The minimum Gasteiger partial charge on any atom is -0.371 e. The van der Waals surface area contributed by atoms with Crippen molar-refractivity contribution in [2.45, 2.75) is 156 Å². The van der Waals surface area contributed by atoms with Crippen molar-refractivity contribution in [1.29, 1.82) is 0 Å². The average Bonchev–Trinajstić information content (AvgIpc) is 3.95. The van der Waals surface area contributed by atoms with Crippen LogP contribution in [-0.4, -0.2) is 100 Å². The van der Waals surface area contributed by atoms with E-state index in [0.29, 0.717) is 0 Å². The molecule has 0 saturated carbocycles. The molecule has 0 aliphatic carbocycles. The van der Waals surface area contributed by atoms with Crippen LogP contribution in [0.2, 0.25) is 0 Å². The van der Waals surface area contributed by atoms with Crippen LogP contribution < -0.4 is 19.6 Å². The summed E-state index contributed by atoms with van der Waals surface area (Å²) in [6.07, 6.45) is 24.4. The molecule has 0 spiro atoms. The van der Waals surface area contributed by atoms with Gasteiger partial charge in [-0.15, -0.1) is 15.3 Å². The smallest absolute Gasteiger partial charge is 0.126 e. The minimum atomic E-state index is 0.839. The summed E-state index contributed by atoms with van der Waals surface area (Å²) in [4.78, 5) is 10.3. The Morgan fingerprint density at radius 1 is 0.412 bits per heavy atom. The fraction of sp³-hybridized carbons (Fsp3) is 0.478. The van der Waals surface area contributed by atoms with E-state index >= 15 is 0 Å². The standard InChI is InChI=1S/C35H43N7S.C34H41N7S/c1-4-6-8-18-41-20-10-12-24-22-26(14-16-28(24)41)30-32-33(38-43-37-32)31(35-34(30)36-39-40(35)3)27-15-17-29-25(23-27)13-11-21-42(29)19-9-7-5-2;1-3-5-7-17-40-19-9-11-23-21-25(13-15-27(23)40)29-31-32(36-39-35-31)30(34-33(29)37-42-38-34)26-14-16-28-24(22-26)12-10-20-41(28)18-8-6-4-2/h14-17,22-23H,4-13,18-21H2,1-3H3;13-16,21-22,37H,3-12,17-20H2,1-2H3. The fourth-order valence-electron chi connectivity index (χ4n) is 14.4. The van der Waals surface area contributed by atoms with Crippen molar-refractivity contribution >= 4 is 90.3 Å². The SMILES string of the molecule is CCCCCN1CCCc2cc(-c3c4nnnc4c(-c4ccc5c(c4)CCCN5CCCCC)c4[nH]snc34)ccc21.CCCCCN1CCCc2cc(-c3c4nsnc4c(-c4ccc5c(c4)CCCN5CCCCC)c4c3nnn4C)ccc21. The van der Waals surface area contributed by atoms with Gasteiger partial charge in [-0.3, -0.25) is 4.37 Å². The Balaban J connectivity index is 0.000000158. The molecular weight excluding hydrogens is 1090 g/mol. The number of nitrogens with one attached hydrogen (secondary N) is 1. The van der Waals surface area contributed by atoms with Gasteiger partial charge in [-0.2, -0.15) is 13.1 Å². The predicted octanol–water partition coefficient (Wildman–Crippen LogP) is 16.4. The molecule has 0 bridgehead atoms. The molecule has 0 fully saturated rings. The van der Waals surface area contributed by atoms with Gasteiger partial charge in [-0.1, -0.05) is 109 Å². The summed E-state index contributed by atoms with van der Waals surface area (Å²) < 4.78 is 20.2. The second kappa shape index (κ2) is 25.9. The zero-order valence-corrected chi connectivity index (χ0v) is 52.5. The van der Waals surface area contributed by atoms with E-state index in [1.807, 2.05) is 11.7 Å². The van der Waals surface area contributed by atoms with Gasteiger partial charge in [0.2, 0.25) is 0 Å². The highest BCUT2D eigenvalue weighted by Gasteiger charge is 2.29. The second-order valence-corrected chi connectivity index (χ2v) is 25.5. The molecular formula is C69H84N14S2. The maximum atomic E-state index is 4.91. The molecule has 14 rings (SSSR count). The van der Waals surface area contributed by atoms with Crippen molar-refractivity contribution in [2.24, 2.45) is 7.05 Å². The number of hydrogen-bond acceptors (Lipinski definition) is 14. The molecule has 442 valence electrons. The highest BCUT2D eigenvalue weighted by Crippen LogP contribution is 2.47. The first-order valence-corrected chi connectivity index (χ1v) is 33.9. The van der Waals surface area contributed by atoms with E-state index in [-0.39, 0.29) is 0 Å². The zero-order chi connectivity index (χ0) is 57.8. The summed E-state index contributed by atoms with van der Waals surface area (Å²) in [6, 6.07) is 27.9. The molecule has 8 heterocycles. The maximum absolute atomic E-state index is 4.91. The molecule has 14 nitrogen and oxygen atoms in total. The number of anilines is 4. The first-order chi connectivity index (χ1) is 41.9. The van der Waals surface area contributed by atoms with Gasteiger partial charge < -0.3 is 19.6 Å². The lowest BCUT2D eigenvalue weighted by atomic mass is 9.91. The Hall–Kier alpha value is -7.04. The number of aromatic amines is 1. The van der Waals surface area contributed by atoms with Gasteiger partial charge in [0.1, 0.15) is 33.1 Å². The molecule has 85 heavy (non-hydrogen) atoms. The monoisotopic (exact) mass is 1170 g/mol. The molecule has 0 unspecified atom stereocenters. The lowest BCUT2D eigenvalue weighted by Gasteiger charge is -2.32. The first-order valence-electron chi connectivity index (χ1n) is 32.4. The third-order valence-electron chi connectivity index (χ3n) is 18.7. The highest BCUT2D eigenvalue weighted by atomic mass is 32.1. The van der Waals surface area contributed by atoms with Crippen molar-refractivity contribution in [3.63, 3.8) is 0 Å². The number of rotatable bonds is 20. The molecule has 10 aromatic rings. The van der Waals surface area contributed by atoms with Crippen LogP contribution in [0.4, 0.5) is 22.7 Å². The molecule has 0 amide bonds. The summed E-state index contributed by atoms with van der Waals surface area (Å²) >= 11 is 2.70. The number of hydrogen-bond donors (Lipinski definition) is 1. The van der Waals surface area contributed by atoms with Crippen LogP contribution in [0.25, 0.3) is 88.6 Å². The van der Waals surface area contributed by atoms with E-state index in [1.54, 1.807) is 0 Å². The molecule has 0 atom stereocenters. The molecule has 6 aromatic carbocycles. The van der Waals surface area contributed by atoms with Crippen molar-refractivity contribution in [2.75, 3.05) is 72.0 Å². The van der Waals surface area contributed by atoms with Gasteiger partial charge >= 0.3 is 0 Å². The average molecular weight is 1170 g/mol. The molecule has 0 radical (unpaired) electrons. The van der Waals surface area contributed by atoms with Crippen LogP contribution >= 0.6 is 23.5 Å². The summed E-state index contributed by atoms with van der Waals surface area (Å²) in [7, 11) is 2.00. The van der Waals surface area contributed by atoms with Crippen LogP contribution in [0.1, 0.15) is 153 Å². The van der Waals surface area contributed by atoms with Crippen LogP contribution in [0.5, 0.6) is 0 Å². The van der Waals surface area contributed by atoms with Gasteiger partial charge in [0.25, 0.3) is 0 Å². The Morgan fingerprint density at radius 2 is 0.800 bits per heavy atom. The maximum Gasteiger partial charge on any atom is 0.126 e. The van der Waals surface area contributed by atoms with Gasteiger partial charge in [-0.25, -0.2) is 4.68 Å². The normalized spacial score (nSPS) is 15.0. The van der Waals surface area contributed by atoms with Crippen molar-refractivity contribution in [3.05, 3.63) is 95.1 Å². The van der Waals surface area contributed by atoms with Crippen LogP contribution in [-0.2, 0) is 32.7 Å². The highest BCUT2D eigenvalue weighted by molar-refractivity contribution is 7.00. The minimum absolute atomic E-state index is 0.839. The van der Waals surface area contributed by atoms with Gasteiger partial charge in [-0.05, 0) is 175 Å². The Bertz CT molecular complexity index is 3790. The van der Waals surface area contributed by atoms with Crippen molar-refractivity contribution in [1.82, 2.24) is 47.9 Å². The number of nitrogens with zero attached hydrogens (tertiary/aromatic N) is 13. The molecule has 4 aromatic heterocycles. The molecule has 16 heteroatoms. The van der Waals surface area contributed by atoms with Crippen LogP contribution in [0, 0.1) is 0 Å². The van der Waals surface area contributed by atoms with Gasteiger partial charge in [0, 0.05) is 116 Å². The number of aryl methyl sites for hydroxylation is 5. The van der Waals surface area contributed by atoms with Crippen molar-refractivity contribution < 1.29 is 0 Å². The Labute approximate surface area is 510 Å². The molecule has 1 N–H and O–H groups in total. The molecule has 4 aliphatic heterocycles. The predicted molar refractivity (Wildman–Crippen MR) is 356 cm³/mol. The Kier molecular flexibility index (Phi) is 17.4. The largest absolute Gasteiger partial charge is 0.371 e. The third-order valence-corrected chi connectivity index (χ3v) is 19.8. The molecule has 0 saturated heterocycles. The third kappa shape index (κ3) is 11.3. The number of H-pyrrole nitrogens is 1. The molecule has 4 aliphatic rings. The lowest BCUT2D eigenvalue weighted by Crippen LogP contribution is -2.30. The summed E-state index contributed by atoms with van der Waals surface area (Å²) in [5.41, 5.74) is 27.7. The van der Waals surface area contributed by atoms with E-state index in [1.165, 1.54) is 177 Å². The van der Waals surface area contributed by atoms with E-state index in [2.05, 4.69) is 145 Å². The summed E-state index contributed by atoms with van der Waals surface area (Å²) in [5.74, 6) is 0. The quantitative estimate of drug-likeness (QED) is 0.0727. The second-order valence-electron chi connectivity index (χ2n) is 24.4. The topological polar surface area (TPSA) is 137 Å².